The molecule has 4 heteroatoms. The molecule has 21 heavy (non-hydrogen) atoms. The molecular formula is C17H27Cl2GeZr. The molecule has 0 aromatic heterocycles. The van der Waals surface area contributed by atoms with Gasteiger partial charge in [-0.1, -0.05) is 34.6 Å². The molecular weight excluding hydrogens is 439 g/mol. The van der Waals surface area contributed by atoms with Gasteiger partial charge in [-0.15, -0.1) is 0 Å². The van der Waals surface area contributed by atoms with Crippen molar-refractivity contribution in [2.45, 2.75) is 46.1 Å². The van der Waals surface area contributed by atoms with Crippen molar-refractivity contribution in [3.63, 3.8) is 0 Å². The van der Waals surface area contributed by atoms with Crippen molar-refractivity contribution in [2.24, 2.45) is 0 Å². The molecule has 0 unspecified atom stereocenters. The van der Waals surface area contributed by atoms with E-state index in [1.54, 1.807) is 0 Å². The molecule has 0 spiro atoms. The van der Waals surface area contributed by atoms with E-state index < -0.39 is 0 Å². The van der Waals surface area contributed by atoms with E-state index in [1.807, 2.05) is 0 Å². The number of halogens is 2. The molecule has 0 saturated carbocycles. The molecule has 0 atom stereocenters. The molecule has 0 heterocycles. The van der Waals surface area contributed by atoms with Crippen molar-refractivity contribution >= 4 is 15.4 Å². The Morgan fingerprint density at radius 1 is 0.857 bits per heavy atom. The molecule has 0 fully saturated rings. The molecule has 0 N–H and O–H groups in total. The molecule has 0 amide bonds. The first-order valence-corrected chi connectivity index (χ1v) is 11.4. The van der Waals surface area contributed by atoms with Crippen LogP contribution < -0.4 is 24.8 Å². The molecule has 2 aromatic rings. The molecule has 0 aliphatic rings. The minimum Gasteiger partial charge on any atom is -1.00 e. The van der Waals surface area contributed by atoms with Gasteiger partial charge in [-0.05, 0) is 0 Å². The van der Waals surface area contributed by atoms with E-state index in [1.165, 1.54) is 27.8 Å². The Labute approximate surface area is 169 Å². The molecule has 0 bridgehead atoms. The van der Waals surface area contributed by atoms with Crippen LogP contribution >= 0.6 is 0 Å². The summed E-state index contributed by atoms with van der Waals surface area (Å²) in [5.74, 6) is 4.56. The van der Waals surface area contributed by atoms with Gasteiger partial charge in [0.25, 0.3) is 0 Å². The van der Waals surface area contributed by atoms with Crippen LogP contribution in [0.15, 0.2) is 30.3 Å². The summed E-state index contributed by atoms with van der Waals surface area (Å²) in [4.78, 5) is 0. The van der Waals surface area contributed by atoms with Gasteiger partial charge in [-0.25, -0.2) is 17.7 Å². The normalized spacial score (nSPS) is 7.76. The second-order valence-corrected chi connectivity index (χ2v) is 7.36. The van der Waals surface area contributed by atoms with E-state index >= 15 is 0 Å². The predicted molar refractivity (Wildman–Crippen MR) is 86.6 cm³/mol. The Morgan fingerprint density at radius 2 is 1.33 bits per heavy atom. The third-order valence-corrected chi connectivity index (χ3v) is 2.57. The zero-order valence-corrected chi connectivity index (χ0v) is 20.6. The molecule has 0 saturated heterocycles. The third kappa shape index (κ3) is 15.4. The maximum atomic E-state index is 2.28. The summed E-state index contributed by atoms with van der Waals surface area (Å²) in [6.07, 6.45) is 0. The van der Waals surface area contributed by atoms with E-state index in [-0.39, 0.29) is 51.0 Å². The molecule has 117 valence electrons. The van der Waals surface area contributed by atoms with Crippen molar-refractivity contribution < 1.29 is 51.0 Å². The smallest absolute Gasteiger partial charge is 1.00 e. The van der Waals surface area contributed by atoms with Crippen LogP contribution in [-0.4, -0.2) is 15.4 Å². The fraction of sp³-hybridized carbons (Fsp3) is 0.412. The van der Waals surface area contributed by atoms with Crippen LogP contribution in [0.1, 0.15) is 27.8 Å². The van der Waals surface area contributed by atoms with Crippen LogP contribution in [0.2, 0.25) is 11.5 Å². The van der Waals surface area contributed by atoms with E-state index in [4.69, 9.17) is 0 Å². The zero-order valence-electron chi connectivity index (χ0n) is 14.2. The van der Waals surface area contributed by atoms with Gasteiger partial charge in [0.1, 0.15) is 0 Å². The largest absolute Gasteiger partial charge is 4.00 e. The Balaban J connectivity index is -0.000000104. The van der Waals surface area contributed by atoms with Crippen LogP contribution in [0.3, 0.4) is 0 Å². The van der Waals surface area contributed by atoms with Gasteiger partial charge in [-0.2, -0.15) is 40.5 Å². The van der Waals surface area contributed by atoms with Crippen LogP contribution in [-0.2, 0) is 26.2 Å². The number of aryl methyl sites for hydroxylation is 5. The van der Waals surface area contributed by atoms with E-state index in [0.29, 0.717) is 15.4 Å². The standard InChI is InChI=1S/C8H11.C7H9.C2H7Ge.2ClH.Zr/c1-6-4-7(2)8(3)5-6;1-6-3-4-7(2)5-6;1-3-2;;;/h4-5H,1-3H3;3-5H,1-2H3;3H,1-2H3;2*1H;/q2*-1;;;;+4/p-2. The molecule has 1 radical (unpaired) electrons. The maximum Gasteiger partial charge on any atom is 4.00 e. The maximum absolute atomic E-state index is 2.28. The number of rotatable bonds is 0. The summed E-state index contributed by atoms with van der Waals surface area (Å²) >= 11 is 0.312. The van der Waals surface area contributed by atoms with Crippen molar-refractivity contribution in [3.8, 4) is 0 Å². The summed E-state index contributed by atoms with van der Waals surface area (Å²) in [6.45, 7) is 10.6. The van der Waals surface area contributed by atoms with Gasteiger partial charge in [0, 0.05) is 0 Å². The Bertz CT molecular complexity index is 411. The fourth-order valence-corrected chi connectivity index (χ4v) is 1.67. The van der Waals surface area contributed by atoms with Gasteiger partial charge >= 0.3 is 53.1 Å². The molecule has 0 aliphatic carbocycles. The van der Waals surface area contributed by atoms with Gasteiger partial charge in [0.05, 0.1) is 0 Å². The molecule has 2 rings (SSSR count). The van der Waals surface area contributed by atoms with Gasteiger partial charge in [-0.3, -0.25) is 0 Å². The Morgan fingerprint density at radius 3 is 1.43 bits per heavy atom. The van der Waals surface area contributed by atoms with Crippen LogP contribution in [0.5, 0.6) is 0 Å². The Hall–Kier alpha value is 0.706. The van der Waals surface area contributed by atoms with Crippen molar-refractivity contribution in [1.29, 1.82) is 0 Å². The van der Waals surface area contributed by atoms with Gasteiger partial charge < -0.3 is 24.8 Å². The Kier molecular flexibility index (Phi) is 24.1. The van der Waals surface area contributed by atoms with Crippen LogP contribution in [0.4, 0.5) is 0 Å². The quantitative estimate of drug-likeness (QED) is 0.341. The van der Waals surface area contributed by atoms with Crippen LogP contribution in [0.25, 0.3) is 0 Å². The third-order valence-electron chi connectivity index (χ3n) is 2.57. The molecule has 0 aliphatic heterocycles. The second kappa shape index (κ2) is 17.1. The van der Waals surface area contributed by atoms with E-state index in [9.17, 15) is 0 Å². The molecule has 0 nitrogen and oxygen atoms in total. The second-order valence-electron chi connectivity index (χ2n) is 4.94. The predicted octanol–water partition coefficient (Wildman–Crippen LogP) is -1.12. The van der Waals surface area contributed by atoms with Gasteiger partial charge in [0.2, 0.25) is 0 Å². The summed E-state index contributed by atoms with van der Waals surface area (Å²) in [6, 6.07) is 10.8. The minimum atomic E-state index is 0. The number of hydrogen-bond donors (Lipinski definition) is 0. The average molecular weight is 466 g/mol. The van der Waals surface area contributed by atoms with Gasteiger partial charge in [0.15, 0.2) is 0 Å². The zero-order chi connectivity index (χ0) is 14.1. The van der Waals surface area contributed by atoms with Crippen molar-refractivity contribution in [2.75, 3.05) is 0 Å². The topological polar surface area (TPSA) is 0 Å². The van der Waals surface area contributed by atoms with Crippen molar-refractivity contribution in [1.82, 2.24) is 0 Å². The van der Waals surface area contributed by atoms with E-state index in [0.717, 1.165) is 0 Å². The first-order chi connectivity index (χ1) is 8.40. The summed E-state index contributed by atoms with van der Waals surface area (Å²) in [5.41, 5.74) is 6.90. The monoisotopic (exact) mass is 465 g/mol. The number of hydrogen-bond acceptors (Lipinski definition) is 0. The first kappa shape index (κ1) is 29.7. The fourth-order valence-electron chi connectivity index (χ4n) is 1.67. The SMILES string of the molecule is Cc1c[cH-]c(C)c1.Cc1cc(C)c(C)[cH-]1.[CH3][GeH][CH3].[Cl-].[Cl-].[Zr+4]. The summed E-state index contributed by atoms with van der Waals surface area (Å²) in [5, 5.41) is 0. The van der Waals surface area contributed by atoms with E-state index in [2.05, 4.69) is 76.5 Å². The summed E-state index contributed by atoms with van der Waals surface area (Å²) < 4.78 is 0. The minimum absolute atomic E-state index is 0. The summed E-state index contributed by atoms with van der Waals surface area (Å²) in [7, 11) is 0. The first-order valence-electron chi connectivity index (χ1n) is 6.55. The van der Waals surface area contributed by atoms with Crippen molar-refractivity contribution in [3.05, 3.63) is 58.1 Å². The van der Waals surface area contributed by atoms with Crippen LogP contribution in [0, 0.1) is 34.6 Å². The molecule has 2 aromatic carbocycles. The average Bonchev–Trinajstić information content (AvgIpc) is 2.76.